The largest absolute Gasteiger partial charge is 0.392 e. The van der Waals surface area contributed by atoms with E-state index in [-0.39, 0.29) is 15.1 Å². The molecule has 96 valence electrons. The maximum Gasteiger partial charge on any atom is 0.300 e. The summed E-state index contributed by atoms with van der Waals surface area (Å²) in [6, 6.07) is 0.886. The molecule has 0 saturated carbocycles. The van der Waals surface area contributed by atoms with E-state index in [0.29, 0.717) is 11.3 Å². The minimum Gasteiger partial charge on any atom is -0.392 e. The van der Waals surface area contributed by atoms with Gasteiger partial charge in [0.05, 0.1) is 11.0 Å². The Balaban J connectivity index is 3.00. The lowest BCUT2D eigenvalue weighted by molar-refractivity contribution is -0.384. The number of hydrogen-bond acceptors (Lipinski definition) is 6. The highest BCUT2D eigenvalue weighted by Gasteiger charge is 2.25. The molecular formula is C7H9ClN2O5S2. The summed E-state index contributed by atoms with van der Waals surface area (Å²) in [7, 11) is -3.87. The highest BCUT2D eigenvalue weighted by Crippen LogP contribution is 2.35. The first-order valence-electron chi connectivity index (χ1n) is 4.35. The Kier molecular flexibility index (Phi) is 4.44. The van der Waals surface area contributed by atoms with Crippen molar-refractivity contribution in [2.24, 2.45) is 0 Å². The van der Waals surface area contributed by atoms with Gasteiger partial charge in [0.15, 0.2) is 4.34 Å². The molecule has 0 unspecified atom stereocenters. The van der Waals surface area contributed by atoms with Crippen molar-refractivity contribution in [1.29, 1.82) is 0 Å². The zero-order chi connectivity index (χ0) is 13.2. The minimum atomic E-state index is -3.87. The van der Waals surface area contributed by atoms with Gasteiger partial charge in [0.2, 0.25) is 10.0 Å². The number of aliphatic hydroxyl groups is 1. The molecule has 1 heterocycles. The molecule has 0 amide bonds. The number of thiophene rings is 1. The summed E-state index contributed by atoms with van der Waals surface area (Å²) in [6.07, 6.45) is -0.852. The van der Waals surface area contributed by atoms with Gasteiger partial charge in [-0.1, -0.05) is 11.6 Å². The van der Waals surface area contributed by atoms with Crippen molar-refractivity contribution in [2.45, 2.75) is 17.2 Å². The molecule has 1 aromatic rings. The van der Waals surface area contributed by atoms with Gasteiger partial charge in [-0.3, -0.25) is 10.1 Å². The zero-order valence-electron chi connectivity index (χ0n) is 8.58. The topological polar surface area (TPSA) is 110 Å². The minimum absolute atomic E-state index is 0.175. The van der Waals surface area contributed by atoms with Crippen LogP contribution in [0.3, 0.4) is 0 Å². The molecule has 0 aliphatic heterocycles. The van der Waals surface area contributed by atoms with E-state index in [4.69, 9.17) is 16.7 Å². The normalized spacial score (nSPS) is 13.6. The van der Waals surface area contributed by atoms with Crippen LogP contribution in [0.5, 0.6) is 0 Å². The van der Waals surface area contributed by atoms with Gasteiger partial charge in [-0.05, 0) is 6.92 Å². The van der Waals surface area contributed by atoms with Crippen molar-refractivity contribution in [3.05, 3.63) is 20.5 Å². The molecule has 0 radical (unpaired) electrons. The number of hydrogen-bond donors (Lipinski definition) is 2. The lowest BCUT2D eigenvalue weighted by Crippen LogP contribution is -2.30. The van der Waals surface area contributed by atoms with Gasteiger partial charge in [-0.25, -0.2) is 13.1 Å². The Morgan fingerprint density at radius 1 is 1.71 bits per heavy atom. The summed E-state index contributed by atoms with van der Waals surface area (Å²) in [5, 5.41) is 19.5. The highest BCUT2D eigenvalue weighted by atomic mass is 35.5. The third kappa shape index (κ3) is 3.61. The second-order valence-electron chi connectivity index (χ2n) is 3.18. The van der Waals surface area contributed by atoms with Crippen LogP contribution in [0.15, 0.2) is 10.3 Å². The van der Waals surface area contributed by atoms with Crippen LogP contribution >= 0.6 is 22.9 Å². The van der Waals surface area contributed by atoms with Crippen molar-refractivity contribution >= 4 is 38.6 Å². The molecule has 0 aliphatic rings. The van der Waals surface area contributed by atoms with Crippen molar-refractivity contribution in [3.8, 4) is 0 Å². The average molecular weight is 301 g/mol. The molecule has 1 rings (SSSR count). The molecule has 7 nitrogen and oxygen atoms in total. The van der Waals surface area contributed by atoms with Crippen LogP contribution in [0.25, 0.3) is 0 Å². The molecule has 0 aliphatic carbocycles. The van der Waals surface area contributed by atoms with E-state index < -0.39 is 26.7 Å². The number of halogens is 1. The van der Waals surface area contributed by atoms with E-state index in [1.54, 1.807) is 0 Å². The number of nitrogens with one attached hydrogen (secondary N) is 1. The summed E-state index contributed by atoms with van der Waals surface area (Å²) in [6.45, 7) is 1.23. The lowest BCUT2D eigenvalue weighted by atomic mass is 10.4. The molecule has 0 saturated heterocycles. The van der Waals surface area contributed by atoms with Crippen LogP contribution < -0.4 is 4.72 Å². The molecule has 1 atom stereocenters. The summed E-state index contributed by atoms with van der Waals surface area (Å²) >= 11 is 6.14. The van der Waals surface area contributed by atoms with Crippen LogP contribution in [-0.4, -0.2) is 31.1 Å². The number of nitrogens with zero attached hydrogens (tertiary/aromatic N) is 1. The lowest BCUT2D eigenvalue weighted by Gasteiger charge is -2.05. The second-order valence-corrected chi connectivity index (χ2v) is 6.83. The van der Waals surface area contributed by atoms with Gasteiger partial charge in [-0.2, -0.15) is 0 Å². The Morgan fingerprint density at radius 3 is 2.71 bits per heavy atom. The Morgan fingerprint density at radius 2 is 2.29 bits per heavy atom. The first-order valence-corrected chi connectivity index (χ1v) is 7.03. The third-order valence-corrected chi connectivity index (χ3v) is 4.91. The van der Waals surface area contributed by atoms with E-state index in [9.17, 15) is 18.5 Å². The van der Waals surface area contributed by atoms with Crippen molar-refractivity contribution in [3.63, 3.8) is 0 Å². The van der Waals surface area contributed by atoms with Gasteiger partial charge in [0, 0.05) is 12.6 Å². The summed E-state index contributed by atoms with van der Waals surface area (Å²) in [5.41, 5.74) is -0.450. The second kappa shape index (κ2) is 5.27. The fourth-order valence-corrected chi connectivity index (χ4v) is 3.73. The van der Waals surface area contributed by atoms with Gasteiger partial charge in [-0.15, -0.1) is 11.3 Å². The van der Waals surface area contributed by atoms with Crippen LogP contribution in [0.4, 0.5) is 5.69 Å². The predicted molar refractivity (Wildman–Crippen MR) is 62.9 cm³/mol. The van der Waals surface area contributed by atoms with Gasteiger partial charge in [0.1, 0.15) is 4.21 Å². The Bertz CT molecular complexity index is 524. The predicted octanol–water partition coefficient (Wildman–Crippen LogP) is 0.969. The van der Waals surface area contributed by atoms with Crippen LogP contribution in [0.2, 0.25) is 4.34 Å². The summed E-state index contributed by atoms with van der Waals surface area (Å²) in [5.74, 6) is 0. The molecule has 1 aromatic heterocycles. The van der Waals surface area contributed by atoms with Crippen molar-refractivity contribution in [2.75, 3.05) is 6.54 Å². The number of aliphatic hydroxyl groups excluding tert-OH is 1. The van der Waals surface area contributed by atoms with E-state index in [2.05, 4.69) is 4.72 Å². The van der Waals surface area contributed by atoms with E-state index in [1.807, 2.05) is 0 Å². The smallest absolute Gasteiger partial charge is 0.300 e. The molecular weight excluding hydrogens is 292 g/mol. The van der Waals surface area contributed by atoms with Crippen LogP contribution in [0.1, 0.15) is 6.92 Å². The molecule has 0 fully saturated rings. The van der Waals surface area contributed by atoms with Crippen LogP contribution in [0, 0.1) is 10.1 Å². The average Bonchev–Trinajstić information content (AvgIpc) is 2.58. The number of sulfonamides is 1. The van der Waals surface area contributed by atoms with Crippen LogP contribution in [-0.2, 0) is 10.0 Å². The van der Waals surface area contributed by atoms with Crippen molar-refractivity contribution < 1.29 is 18.4 Å². The van der Waals surface area contributed by atoms with Gasteiger partial charge < -0.3 is 5.11 Å². The Hall–Kier alpha value is -0.740. The standard InChI is InChI=1S/C7H9ClN2O5S2/c1-4(11)3-9-17(14,15)6-2-5(10(12)13)7(8)16-6/h2,4,9,11H,3H2,1H3/t4-/m1/s1. The molecule has 10 heteroatoms. The molecule has 0 bridgehead atoms. The van der Waals surface area contributed by atoms with E-state index in [0.717, 1.165) is 6.07 Å². The zero-order valence-corrected chi connectivity index (χ0v) is 11.0. The first kappa shape index (κ1) is 14.3. The monoisotopic (exact) mass is 300 g/mol. The maximum atomic E-state index is 11.6. The van der Waals surface area contributed by atoms with Gasteiger partial charge in [0.25, 0.3) is 5.69 Å². The van der Waals surface area contributed by atoms with Crippen molar-refractivity contribution in [1.82, 2.24) is 4.72 Å². The third-order valence-electron chi connectivity index (χ3n) is 1.68. The number of rotatable bonds is 5. The van der Waals surface area contributed by atoms with E-state index >= 15 is 0 Å². The van der Waals surface area contributed by atoms with E-state index in [1.165, 1.54) is 6.92 Å². The maximum absolute atomic E-state index is 11.6. The fourth-order valence-electron chi connectivity index (χ4n) is 0.897. The quantitative estimate of drug-likeness (QED) is 0.622. The summed E-state index contributed by atoms with van der Waals surface area (Å²) in [4.78, 5) is 9.74. The molecule has 2 N–H and O–H groups in total. The SMILES string of the molecule is C[C@@H](O)CNS(=O)(=O)c1cc([N+](=O)[O-])c(Cl)s1. The number of nitro groups is 1. The summed E-state index contributed by atoms with van der Waals surface area (Å²) < 4.78 is 24.9. The Labute approximate surface area is 106 Å². The van der Waals surface area contributed by atoms with Gasteiger partial charge >= 0.3 is 0 Å². The highest BCUT2D eigenvalue weighted by molar-refractivity contribution is 7.91. The molecule has 17 heavy (non-hydrogen) atoms. The fraction of sp³-hybridized carbons (Fsp3) is 0.429. The molecule has 0 aromatic carbocycles. The molecule has 0 spiro atoms. The first-order chi connectivity index (χ1) is 7.74.